The van der Waals surface area contributed by atoms with Gasteiger partial charge < -0.3 is 5.32 Å². The Morgan fingerprint density at radius 2 is 2.09 bits per heavy atom. The van der Waals surface area contributed by atoms with Crippen LogP contribution in [0.15, 0.2) is 42.9 Å². The van der Waals surface area contributed by atoms with Crippen molar-refractivity contribution in [3.05, 3.63) is 57.0 Å². The maximum absolute atomic E-state index is 12.4. The Bertz CT molecular complexity index is 1390. The molecule has 0 radical (unpaired) electrons. The highest BCUT2D eigenvalue weighted by Crippen LogP contribution is 2.47. The first kappa shape index (κ1) is 22.0. The minimum absolute atomic E-state index is 0.00339. The minimum Gasteiger partial charge on any atom is -0.310 e. The molecule has 0 bridgehead atoms. The second-order valence-electron chi connectivity index (χ2n) is 7.63. The Kier molecular flexibility index (Phi) is 6.14. The quantitative estimate of drug-likeness (QED) is 0.274. The third-order valence-corrected chi connectivity index (χ3v) is 7.97. The largest absolute Gasteiger partial charge is 0.310 e. The van der Waals surface area contributed by atoms with Crippen molar-refractivity contribution in [3.63, 3.8) is 0 Å². The average Bonchev–Trinajstić information content (AvgIpc) is 3.40. The number of aromatic nitrogens is 4. The van der Waals surface area contributed by atoms with E-state index in [1.807, 2.05) is 30.3 Å². The van der Waals surface area contributed by atoms with Crippen molar-refractivity contribution in [1.29, 1.82) is 5.26 Å². The fourth-order valence-corrected chi connectivity index (χ4v) is 6.06. The summed E-state index contributed by atoms with van der Waals surface area (Å²) in [6, 6.07) is 11.6. The first-order valence-electron chi connectivity index (χ1n) is 10.2. The third kappa shape index (κ3) is 4.26. The van der Waals surface area contributed by atoms with E-state index in [0.717, 1.165) is 49.3 Å². The summed E-state index contributed by atoms with van der Waals surface area (Å²) in [4.78, 5) is 22.6. The van der Waals surface area contributed by atoms with Crippen LogP contribution in [-0.2, 0) is 4.79 Å². The van der Waals surface area contributed by atoms with Crippen molar-refractivity contribution in [2.24, 2.45) is 5.92 Å². The van der Waals surface area contributed by atoms with Gasteiger partial charge in [0.05, 0.1) is 15.3 Å². The van der Waals surface area contributed by atoms with Crippen LogP contribution in [-0.4, -0.2) is 26.1 Å². The molecule has 33 heavy (non-hydrogen) atoms. The molecule has 1 amide bonds. The van der Waals surface area contributed by atoms with Crippen LogP contribution in [0.4, 0.5) is 5.82 Å². The van der Waals surface area contributed by atoms with Gasteiger partial charge in [0.2, 0.25) is 5.91 Å². The number of carbonyl (C=O) groups excluding carboxylic acids is 1. The summed E-state index contributed by atoms with van der Waals surface area (Å²) < 4.78 is 0.921. The molecule has 0 unspecified atom stereocenters. The van der Waals surface area contributed by atoms with Gasteiger partial charge in [0.1, 0.15) is 18.2 Å². The van der Waals surface area contributed by atoms with Gasteiger partial charge in [0.25, 0.3) is 0 Å². The number of pyridine rings is 1. The van der Waals surface area contributed by atoms with E-state index in [0.29, 0.717) is 22.2 Å². The van der Waals surface area contributed by atoms with E-state index in [-0.39, 0.29) is 11.8 Å². The summed E-state index contributed by atoms with van der Waals surface area (Å²) in [5.74, 6) is 1.11. The van der Waals surface area contributed by atoms with Gasteiger partial charge in [-0.3, -0.25) is 9.89 Å². The molecule has 1 aromatic carbocycles. The van der Waals surface area contributed by atoms with E-state index >= 15 is 0 Å². The Labute approximate surface area is 212 Å². The number of nitrogens with zero attached hydrogens (tertiary/aromatic N) is 4. The molecule has 1 aliphatic carbocycles. The van der Waals surface area contributed by atoms with Gasteiger partial charge in [-0.05, 0) is 70.8 Å². The van der Waals surface area contributed by atoms with Gasteiger partial charge in [-0.15, -0.1) is 11.3 Å². The molecule has 164 valence electrons. The first-order chi connectivity index (χ1) is 16.0. The monoisotopic (exact) mass is 586 g/mol. The molecule has 7 nitrogen and oxygen atoms in total. The Hall–Kier alpha value is -2.81. The number of benzene rings is 1. The second kappa shape index (κ2) is 9.21. The van der Waals surface area contributed by atoms with E-state index in [1.165, 1.54) is 17.7 Å². The number of H-pyrrole nitrogens is 1. The molecule has 4 aromatic rings. The topological polar surface area (TPSA) is 107 Å². The predicted octanol–water partition coefficient (Wildman–Crippen LogP) is 6.13. The van der Waals surface area contributed by atoms with Gasteiger partial charge in [0, 0.05) is 26.3 Å². The molecular weight excluding hydrogens is 571 g/mol. The summed E-state index contributed by atoms with van der Waals surface area (Å²) in [7, 11) is 0. The van der Waals surface area contributed by atoms with E-state index in [2.05, 4.69) is 54.1 Å². The fourth-order valence-electron chi connectivity index (χ4n) is 3.71. The van der Waals surface area contributed by atoms with Gasteiger partial charge in [0.15, 0.2) is 5.82 Å². The zero-order valence-electron chi connectivity index (χ0n) is 17.1. The maximum atomic E-state index is 12.4. The number of nitriles is 1. The smallest absolute Gasteiger partial charge is 0.228 e. The van der Waals surface area contributed by atoms with E-state index < -0.39 is 0 Å². The summed E-state index contributed by atoms with van der Waals surface area (Å²) in [6.07, 6.45) is 6.00. The number of hydrogen-bond donors (Lipinski definition) is 2. The van der Waals surface area contributed by atoms with E-state index in [9.17, 15) is 10.1 Å². The molecule has 0 aliphatic heterocycles. The zero-order chi connectivity index (χ0) is 22.9. The molecule has 1 aliphatic rings. The van der Waals surface area contributed by atoms with Crippen molar-refractivity contribution in [3.8, 4) is 38.3 Å². The Balaban J connectivity index is 1.64. The highest BCUT2D eigenvalue weighted by atomic mass is 127. The summed E-state index contributed by atoms with van der Waals surface area (Å²) >= 11 is 9.84. The molecule has 5 rings (SSSR count). The van der Waals surface area contributed by atoms with Gasteiger partial charge in [-0.2, -0.15) is 10.4 Å². The van der Waals surface area contributed by atoms with Crippen LogP contribution >= 0.6 is 45.5 Å². The molecule has 3 aromatic heterocycles. The van der Waals surface area contributed by atoms with Gasteiger partial charge in [-0.25, -0.2) is 9.97 Å². The molecule has 1 saturated carbocycles. The first-order valence-corrected chi connectivity index (χ1v) is 12.5. The van der Waals surface area contributed by atoms with Crippen LogP contribution in [0, 0.1) is 20.8 Å². The highest BCUT2D eigenvalue weighted by Gasteiger charge is 2.27. The second-order valence-corrected chi connectivity index (χ2v) is 10.2. The summed E-state index contributed by atoms with van der Waals surface area (Å²) in [5.41, 5.74) is 2.98. The number of anilines is 1. The SMILES string of the molecule is N#Cc1c(-c2ccnc(NC(=O)C3CCC3)c2)sc(-c2ncn[nH]2)c1-c1ccc(Cl)cc1I. The molecule has 0 atom stereocenters. The highest BCUT2D eigenvalue weighted by molar-refractivity contribution is 14.1. The Morgan fingerprint density at radius 1 is 1.24 bits per heavy atom. The van der Waals surface area contributed by atoms with Gasteiger partial charge >= 0.3 is 0 Å². The molecular formula is C23H16ClIN6OS. The maximum Gasteiger partial charge on any atom is 0.228 e. The van der Waals surface area contributed by atoms with E-state index in [1.54, 1.807) is 6.20 Å². The van der Waals surface area contributed by atoms with Crippen molar-refractivity contribution in [1.82, 2.24) is 20.2 Å². The molecule has 1 fully saturated rings. The summed E-state index contributed by atoms with van der Waals surface area (Å²) in [5, 5.41) is 20.6. The normalized spacial score (nSPS) is 13.4. The van der Waals surface area contributed by atoms with Crippen LogP contribution in [0.3, 0.4) is 0 Å². The number of carbonyl (C=O) groups is 1. The lowest BCUT2D eigenvalue weighted by Gasteiger charge is -2.23. The number of aromatic amines is 1. The number of halogens is 2. The molecule has 3 heterocycles. The summed E-state index contributed by atoms with van der Waals surface area (Å²) in [6.45, 7) is 0. The van der Waals surface area contributed by atoms with Gasteiger partial charge in [-0.1, -0.05) is 24.1 Å². The van der Waals surface area contributed by atoms with Crippen molar-refractivity contribution in [2.45, 2.75) is 19.3 Å². The Morgan fingerprint density at radius 3 is 2.76 bits per heavy atom. The molecule has 2 N–H and O–H groups in total. The number of rotatable bonds is 5. The van der Waals surface area contributed by atoms with Crippen LogP contribution in [0.2, 0.25) is 5.02 Å². The molecule has 10 heteroatoms. The predicted molar refractivity (Wildman–Crippen MR) is 137 cm³/mol. The zero-order valence-corrected chi connectivity index (χ0v) is 20.8. The standard InChI is InChI=1S/C23H16ClIN6OS/c24-14-4-5-15(17(25)9-14)19-16(10-26)20(33-21(19)22-28-11-29-31-22)13-6-7-27-18(8-13)30-23(32)12-2-1-3-12/h4-9,11-12H,1-3H2,(H,27,30,32)(H,28,29,31). The number of hydrogen-bond acceptors (Lipinski definition) is 6. The lowest BCUT2D eigenvalue weighted by molar-refractivity contribution is -0.122. The molecule has 0 spiro atoms. The lowest BCUT2D eigenvalue weighted by atomic mass is 9.85. The van der Waals surface area contributed by atoms with Crippen molar-refractivity contribution in [2.75, 3.05) is 5.32 Å². The molecule has 0 saturated heterocycles. The lowest BCUT2D eigenvalue weighted by Crippen LogP contribution is -2.28. The van der Waals surface area contributed by atoms with Crippen LogP contribution in [0.1, 0.15) is 24.8 Å². The van der Waals surface area contributed by atoms with Crippen molar-refractivity contribution >= 4 is 57.3 Å². The van der Waals surface area contributed by atoms with Crippen LogP contribution < -0.4 is 5.32 Å². The van der Waals surface area contributed by atoms with Crippen LogP contribution in [0.5, 0.6) is 0 Å². The average molecular weight is 587 g/mol. The fraction of sp³-hybridized carbons (Fsp3) is 0.174. The van der Waals surface area contributed by atoms with Crippen LogP contribution in [0.25, 0.3) is 32.3 Å². The number of thiophene rings is 1. The van der Waals surface area contributed by atoms with Crippen molar-refractivity contribution < 1.29 is 4.79 Å². The minimum atomic E-state index is -0.00339. The van der Waals surface area contributed by atoms with E-state index in [4.69, 9.17) is 11.6 Å². The third-order valence-electron chi connectivity index (χ3n) is 5.60. The number of amides is 1. The number of nitrogens with one attached hydrogen (secondary N) is 2.